The molecule has 0 spiro atoms. The smallest absolute Gasteiger partial charge is 0.330 e. The molecule has 0 saturated carbocycles. The molecule has 1 aliphatic heterocycles. The molecule has 1 atom stereocenters. The second kappa shape index (κ2) is 2.67. The van der Waals surface area contributed by atoms with Crippen LogP contribution in [0.5, 0.6) is 0 Å². The zero-order valence-corrected chi connectivity index (χ0v) is 5.46. The highest BCUT2D eigenvalue weighted by molar-refractivity contribution is 5.82. The summed E-state index contributed by atoms with van der Waals surface area (Å²) in [5, 5.41) is 0. The van der Waals surface area contributed by atoms with E-state index >= 15 is 0 Å². The van der Waals surface area contributed by atoms with Gasteiger partial charge in [-0.3, -0.25) is 0 Å². The average molecular weight is 126 g/mol. The average Bonchev–Trinajstić information content (AvgIpc) is 1.88. The predicted molar refractivity (Wildman–Crippen MR) is 33.9 cm³/mol. The minimum Gasteiger partial charge on any atom is -0.459 e. The predicted octanol–water partition coefficient (Wildman–Crippen LogP) is 1.27. The molecule has 0 fully saturated rings. The number of rotatable bonds is 1. The second-order valence-electron chi connectivity index (χ2n) is 2.11. The van der Waals surface area contributed by atoms with Crippen LogP contribution in [0.25, 0.3) is 0 Å². The van der Waals surface area contributed by atoms with Crippen molar-refractivity contribution in [2.24, 2.45) is 0 Å². The second-order valence-corrected chi connectivity index (χ2v) is 2.11. The molecule has 0 saturated heterocycles. The lowest BCUT2D eigenvalue weighted by molar-refractivity contribution is -0.144. The van der Waals surface area contributed by atoms with Gasteiger partial charge < -0.3 is 4.74 Å². The first-order valence-corrected chi connectivity index (χ1v) is 3.20. The van der Waals surface area contributed by atoms with Crippen molar-refractivity contribution in [3.05, 3.63) is 12.2 Å². The number of hydrogen-bond acceptors (Lipinski definition) is 2. The van der Waals surface area contributed by atoms with Crippen LogP contribution < -0.4 is 0 Å². The molecule has 1 aliphatic rings. The maximum Gasteiger partial charge on any atom is 0.330 e. The minimum atomic E-state index is -0.201. The third kappa shape index (κ3) is 1.56. The first-order chi connectivity index (χ1) is 4.33. The Kier molecular flexibility index (Phi) is 1.88. The van der Waals surface area contributed by atoms with Gasteiger partial charge in [-0.25, -0.2) is 4.79 Å². The molecule has 1 heterocycles. The molecule has 0 amide bonds. The van der Waals surface area contributed by atoms with Gasteiger partial charge in [-0.05, 0) is 6.42 Å². The van der Waals surface area contributed by atoms with Crippen LogP contribution in [0.1, 0.15) is 19.8 Å². The molecule has 9 heavy (non-hydrogen) atoms. The Labute approximate surface area is 54.5 Å². The highest BCUT2D eigenvalue weighted by Gasteiger charge is 2.12. The fourth-order valence-electron chi connectivity index (χ4n) is 0.818. The summed E-state index contributed by atoms with van der Waals surface area (Å²) >= 11 is 0. The van der Waals surface area contributed by atoms with Gasteiger partial charge in [-0.1, -0.05) is 13.0 Å². The Morgan fingerprint density at radius 3 is 3.11 bits per heavy atom. The summed E-state index contributed by atoms with van der Waals surface area (Å²) in [6.07, 6.45) is 5.26. The van der Waals surface area contributed by atoms with Crippen molar-refractivity contribution in [2.75, 3.05) is 0 Å². The van der Waals surface area contributed by atoms with Crippen LogP contribution in [-0.2, 0) is 9.53 Å². The maximum atomic E-state index is 10.5. The first kappa shape index (κ1) is 6.33. The van der Waals surface area contributed by atoms with Gasteiger partial charge in [0.1, 0.15) is 6.10 Å². The zero-order chi connectivity index (χ0) is 6.69. The molecule has 0 bridgehead atoms. The largest absolute Gasteiger partial charge is 0.459 e. The minimum absolute atomic E-state index is 0.127. The van der Waals surface area contributed by atoms with E-state index < -0.39 is 0 Å². The first-order valence-electron chi connectivity index (χ1n) is 3.20. The number of cyclic esters (lactones) is 1. The van der Waals surface area contributed by atoms with Crippen LogP contribution in [0.2, 0.25) is 0 Å². The van der Waals surface area contributed by atoms with E-state index in [2.05, 4.69) is 0 Å². The highest BCUT2D eigenvalue weighted by Crippen LogP contribution is 2.09. The van der Waals surface area contributed by atoms with Crippen molar-refractivity contribution in [3.8, 4) is 0 Å². The van der Waals surface area contributed by atoms with E-state index in [4.69, 9.17) is 4.74 Å². The van der Waals surface area contributed by atoms with Crippen LogP contribution >= 0.6 is 0 Å². The van der Waals surface area contributed by atoms with Crippen molar-refractivity contribution >= 4 is 5.97 Å². The van der Waals surface area contributed by atoms with Crippen LogP contribution in [0.3, 0.4) is 0 Å². The van der Waals surface area contributed by atoms with E-state index in [-0.39, 0.29) is 12.1 Å². The number of carbonyl (C=O) groups excluding carboxylic acids is 1. The topological polar surface area (TPSA) is 26.3 Å². The van der Waals surface area contributed by atoms with Gasteiger partial charge in [0.2, 0.25) is 0 Å². The van der Waals surface area contributed by atoms with Gasteiger partial charge in [0.25, 0.3) is 0 Å². The van der Waals surface area contributed by atoms with E-state index in [0.29, 0.717) is 0 Å². The molecular weight excluding hydrogens is 116 g/mol. The fraction of sp³-hybridized carbons (Fsp3) is 0.571. The third-order valence-electron chi connectivity index (χ3n) is 1.39. The third-order valence-corrected chi connectivity index (χ3v) is 1.39. The van der Waals surface area contributed by atoms with Gasteiger partial charge in [0, 0.05) is 12.5 Å². The van der Waals surface area contributed by atoms with Gasteiger partial charge in [-0.15, -0.1) is 0 Å². The summed E-state index contributed by atoms with van der Waals surface area (Å²) in [7, 11) is 0. The van der Waals surface area contributed by atoms with E-state index in [1.54, 1.807) is 0 Å². The van der Waals surface area contributed by atoms with Crippen molar-refractivity contribution in [1.82, 2.24) is 0 Å². The molecule has 0 aromatic heterocycles. The number of hydrogen-bond donors (Lipinski definition) is 0. The Hall–Kier alpha value is -0.790. The van der Waals surface area contributed by atoms with Crippen LogP contribution in [0.4, 0.5) is 0 Å². The molecule has 0 aromatic carbocycles. The standard InChI is InChI=1S/C7H10O2/c1-2-6-4-3-5-7(8)9-6/h3,5-6H,2,4H2,1H3/t6-/m0/s1. The molecule has 50 valence electrons. The van der Waals surface area contributed by atoms with Gasteiger partial charge >= 0.3 is 5.97 Å². The molecule has 2 nitrogen and oxygen atoms in total. The van der Waals surface area contributed by atoms with E-state index in [0.717, 1.165) is 12.8 Å². The van der Waals surface area contributed by atoms with Crippen LogP contribution in [0, 0.1) is 0 Å². The molecular formula is C7H10O2. The number of ether oxygens (including phenoxy) is 1. The Morgan fingerprint density at radius 1 is 1.89 bits per heavy atom. The van der Waals surface area contributed by atoms with Crippen molar-refractivity contribution in [2.45, 2.75) is 25.9 Å². The van der Waals surface area contributed by atoms with Gasteiger partial charge in [0.15, 0.2) is 0 Å². The molecule has 2 heteroatoms. The fourth-order valence-corrected chi connectivity index (χ4v) is 0.818. The number of esters is 1. The normalized spacial score (nSPS) is 25.9. The molecule has 0 unspecified atom stereocenters. The molecule has 0 aliphatic carbocycles. The van der Waals surface area contributed by atoms with Crippen molar-refractivity contribution in [3.63, 3.8) is 0 Å². The molecule has 0 radical (unpaired) electrons. The van der Waals surface area contributed by atoms with E-state index in [1.165, 1.54) is 6.08 Å². The van der Waals surface area contributed by atoms with E-state index in [9.17, 15) is 4.79 Å². The monoisotopic (exact) mass is 126 g/mol. The Morgan fingerprint density at radius 2 is 2.67 bits per heavy atom. The Bertz CT molecular complexity index is 138. The molecule has 0 aromatic rings. The van der Waals surface area contributed by atoms with Crippen LogP contribution in [-0.4, -0.2) is 12.1 Å². The highest BCUT2D eigenvalue weighted by atomic mass is 16.5. The summed E-state index contributed by atoms with van der Waals surface area (Å²) in [6.45, 7) is 2.01. The number of carbonyl (C=O) groups is 1. The van der Waals surface area contributed by atoms with E-state index in [1.807, 2.05) is 13.0 Å². The SMILES string of the molecule is CC[C@H]1CC=CC(=O)O1. The summed E-state index contributed by atoms with van der Waals surface area (Å²) in [6, 6.07) is 0. The van der Waals surface area contributed by atoms with Crippen molar-refractivity contribution in [1.29, 1.82) is 0 Å². The summed E-state index contributed by atoms with van der Waals surface area (Å²) < 4.78 is 4.91. The lowest BCUT2D eigenvalue weighted by atomic mass is 10.1. The summed E-state index contributed by atoms with van der Waals surface area (Å²) in [5.74, 6) is -0.201. The van der Waals surface area contributed by atoms with Crippen molar-refractivity contribution < 1.29 is 9.53 Å². The summed E-state index contributed by atoms with van der Waals surface area (Å²) in [5.41, 5.74) is 0. The van der Waals surface area contributed by atoms with Gasteiger partial charge in [0.05, 0.1) is 0 Å². The van der Waals surface area contributed by atoms with Gasteiger partial charge in [-0.2, -0.15) is 0 Å². The zero-order valence-electron chi connectivity index (χ0n) is 5.46. The molecule has 0 N–H and O–H groups in total. The molecule has 1 rings (SSSR count). The lowest BCUT2D eigenvalue weighted by Crippen LogP contribution is -2.18. The Balaban J connectivity index is 2.47. The quantitative estimate of drug-likeness (QED) is 0.494. The summed E-state index contributed by atoms with van der Waals surface area (Å²) in [4.78, 5) is 10.5. The van der Waals surface area contributed by atoms with Crippen LogP contribution in [0.15, 0.2) is 12.2 Å². The lowest BCUT2D eigenvalue weighted by Gasteiger charge is -2.15. The maximum absolute atomic E-state index is 10.5.